The number of nitrogens with zero attached hydrogens (tertiary/aromatic N) is 7. The Morgan fingerprint density at radius 2 is 1.95 bits per heavy atom. The molecule has 2 aromatic rings. The van der Waals surface area contributed by atoms with Crippen molar-refractivity contribution in [2.45, 2.75) is 44.2 Å². The summed E-state index contributed by atoms with van der Waals surface area (Å²) in [5.74, 6) is 0.389. The van der Waals surface area contributed by atoms with Crippen LogP contribution in [0, 0.1) is 28.5 Å². The Balaban J connectivity index is 1.19. The fourth-order valence-electron chi connectivity index (χ4n) is 6.35. The summed E-state index contributed by atoms with van der Waals surface area (Å²) in [5, 5.41) is 18.8. The molecule has 7 nitrogen and oxygen atoms in total. The quantitative estimate of drug-likeness (QED) is 0.287. The van der Waals surface area contributed by atoms with E-state index in [9.17, 15) is 18.4 Å². The first kappa shape index (κ1) is 25.1. The Kier molecular flexibility index (Phi) is 6.11. The maximum absolute atomic E-state index is 13.7. The molecule has 1 spiro atoms. The van der Waals surface area contributed by atoms with Gasteiger partial charge in [0, 0.05) is 61.5 Å². The van der Waals surface area contributed by atoms with Crippen LogP contribution in [0.1, 0.15) is 43.4 Å². The number of anilines is 2. The van der Waals surface area contributed by atoms with Crippen LogP contribution in [0.5, 0.6) is 0 Å². The summed E-state index contributed by atoms with van der Waals surface area (Å²) in [7, 11) is 0. The Hall–Kier alpha value is -3.16. The van der Waals surface area contributed by atoms with Crippen molar-refractivity contribution in [1.29, 1.82) is 5.26 Å². The van der Waals surface area contributed by atoms with Crippen molar-refractivity contribution in [2.75, 3.05) is 36.0 Å². The van der Waals surface area contributed by atoms with E-state index in [1.54, 1.807) is 0 Å². The molecule has 3 heterocycles. The summed E-state index contributed by atoms with van der Waals surface area (Å²) < 4.78 is 39.9. The Bertz CT molecular complexity index is 1340. The van der Waals surface area contributed by atoms with Crippen LogP contribution in [-0.2, 0) is 6.54 Å². The summed E-state index contributed by atoms with van der Waals surface area (Å²) in [6.07, 6.45) is 0.530. The number of pyridine rings is 1. The molecule has 0 radical (unpaired) electrons. The normalized spacial score (nSPS) is 22.4. The number of amidine groups is 1. The highest BCUT2D eigenvalue weighted by molar-refractivity contribution is 6.30. The zero-order chi connectivity index (χ0) is 26.7. The highest BCUT2D eigenvalue weighted by atomic mass is 35.5. The number of hydrogen-bond donors (Lipinski definition) is 0. The zero-order valence-electron chi connectivity index (χ0n) is 20.8. The van der Waals surface area contributed by atoms with Gasteiger partial charge in [0.1, 0.15) is 22.9 Å². The number of benzene rings is 1. The lowest BCUT2D eigenvalue weighted by Gasteiger charge is -2.60. The van der Waals surface area contributed by atoms with Gasteiger partial charge in [-0.1, -0.05) is 11.6 Å². The first-order valence-corrected chi connectivity index (χ1v) is 13.1. The molecule has 0 bridgehead atoms. The van der Waals surface area contributed by atoms with Gasteiger partial charge >= 0.3 is 0 Å². The average Bonchev–Trinajstić information content (AvgIpc) is 3.65. The number of aromatic nitrogens is 1. The minimum absolute atomic E-state index is 0.0350. The van der Waals surface area contributed by atoms with Crippen molar-refractivity contribution in [3.05, 3.63) is 52.4 Å². The third kappa shape index (κ3) is 4.22. The highest BCUT2D eigenvalue weighted by Crippen LogP contribution is 2.54. The number of rotatable bonds is 5. The zero-order valence-corrected chi connectivity index (χ0v) is 21.5. The second-order valence-electron chi connectivity index (χ2n) is 10.9. The van der Waals surface area contributed by atoms with Gasteiger partial charge in [-0.15, -0.1) is 5.10 Å². The number of alkyl halides is 2. The van der Waals surface area contributed by atoms with Gasteiger partial charge in [0.25, 0.3) is 6.43 Å². The van der Waals surface area contributed by atoms with Crippen LogP contribution < -0.4 is 9.80 Å². The van der Waals surface area contributed by atoms with E-state index >= 15 is 0 Å². The highest BCUT2D eigenvalue weighted by Gasteiger charge is 2.55. The van der Waals surface area contributed by atoms with E-state index in [1.165, 1.54) is 6.07 Å². The number of nitriles is 1. The molecule has 1 aromatic heterocycles. The minimum Gasteiger partial charge on any atom is -0.355 e. The van der Waals surface area contributed by atoms with Crippen LogP contribution in [0.25, 0.3) is 0 Å². The lowest BCUT2D eigenvalue weighted by molar-refractivity contribution is 0.0556. The Morgan fingerprint density at radius 3 is 2.61 bits per heavy atom. The molecule has 0 atom stereocenters. The van der Waals surface area contributed by atoms with E-state index in [0.29, 0.717) is 43.6 Å². The summed E-state index contributed by atoms with van der Waals surface area (Å²) in [6, 6.07) is 10.9. The summed E-state index contributed by atoms with van der Waals surface area (Å²) in [4.78, 5) is 10.2. The van der Waals surface area contributed by atoms with E-state index in [2.05, 4.69) is 37.8 Å². The fourth-order valence-corrected chi connectivity index (χ4v) is 6.54. The fraction of sp³-hybridized carbons (Fsp3) is 0.481. The summed E-state index contributed by atoms with van der Waals surface area (Å²) in [5.41, 5.74) is 0.888. The molecule has 0 amide bonds. The number of fused-ring (bicyclic) bond motifs is 1. The second kappa shape index (κ2) is 9.24. The maximum Gasteiger partial charge on any atom is 0.283 e. The van der Waals surface area contributed by atoms with E-state index < -0.39 is 23.5 Å². The first-order chi connectivity index (χ1) is 18.3. The van der Waals surface area contributed by atoms with Gasteiger partial charge in [0.15, 0.2) is 5.82 Å². The molecule has 4 aliphatic rings. The number of halogens is 4. The third-order valence-corrected chi connectivity index (χ3v) is 8.67. The topological polar surface area (TPSA) is 71.1 Å². The van der Waals surface area contributed by atoms with Crippen LogP contribution >= 0.6 is 11.6 Å². The minimum atomic E-state index is -2.95. The van der Waals surface area contributed by atoms with E-state index in [0.717, 1.165) is 48.8 Å². The van der Waals surface area contributed by atoms with E-state index in [-0.39, 0.29) is 11.3 Å². The van der Waals surface area contributed by atoms with Gasteiger partial charge in [-0.2, -0.15) is 10.4 Å². The van der Waals surface area contributed by atoms with Crippen molar-refractivity contribution in [2.24, 2.45) is 21.5 Å². The van der Waals surface area contributed by atoms with Crippen LogP contribution in [0.3, 0.4) is 0 Å². The van der Waals surface area contributed by atoms with Gasteiger partial charge in [-0.25, -0.2) is 18.2 Å². The van der Waals surface area contributed by atoms with Gasteiger partial charge in [0.05, 0.1) is 6.07 Å². The van der Waals surface area contributed by atoms with E-state index in [4.69, 9.17) is 11.6 Å². The Morgan fingerprint density at radius 1 is 1.18 bits per heavy atom. The molecular formula is C27H27ClF3N7. The predicted molar refractivity (Wildman–Crippen MR) is 140 cm³/mol. The van der Waals surface area contributed by atoms with Crippen molar-refractivity contribution >= 4 is 35.7 Å². The molecular weight excluding hydrogens is 515 g/mol. The molecule has 3 fully saturated rings. The molecule has 38 heavy (non-hydrogen) atoms. The van der Waals surface area contributed by atoms with Crippen molar-refractivity contribution in [3.8, 4) is 6.07 Å². The first-order valence-electron chi connectivity index (χ1n) is 12.7. The standard InChI is InChI=1S/C27H27ClF3N7/c1-33-35-25(18-11-26(12-18)15-36(16-26)22-5-3-20(29)23(34-22)24(30)31)38-9-8-37(27(14-32)6-7-27)13-17-10-19(28)2-4-21(17)38/h2-5,10,18,24H,1,6-9,11-13,15-16H2/b35-25-. The molecule has 11 heteroatoms. The SMILES string of the molecule is C=N/N=C(/C1CC2(C1)CN(c1ccc(F)c(C(F)F)n1)C2)N1CCN(C2(C#N)CC2)Cc2cc(Cl)ccc21. The predicted octanol–water partition coefficient (Wildman–Crippen LogP) is 5.42. The second-order valence-corrected chi connectivity index (χ2v) is 11.3. The average molecular weight is 542 g/mol. The molecule has 2 aliphatic carbocycles. The maximum atomic E-state index is 13.7. The van der Waals surface area contributed by atoms with Crippen LogP contribution in [0.4, 0.5) is 24.7 Å². The smallest absolute Gasteiger partial charge is 0.283 e. The molecule has 0 unspecified atom stereocenters. The van der Waals surface area contributed by atoms with Crippen LogP contribution in [0.15, 0.2) is 40.5 Å². The Labute approximate surface area is 224 Å². The van der Waals surface area contributed by atoms with Crippen LogP contribution in [-0.4, -0.2) is 54.2 Å². The van der Waals surface area contributed by atoms with Gasteiger partial charge in [-0.05, 0) is 61.6 Å². The molecule has 2 saturated carbocycles. The monoisotopic (exact) mass is 541 g/mol. The van der Waals surface area contributed by atoms with E-state index in [1.807, 2.05) is 23.1 Å². The van der Waals surface area contributed by atoms with Crippen LogP contribution in [0.2, 0.25) is 5.02 Å². The largest absolute Gasteiger partial charge is 0.355 e. The summed E-state index contributed by atoms with van der Waals surface area (Å²) in [6.45, 7) is 6.97. The van der Waals surface area contributed by atoms with Gasteiger partial charge in [-0.3, -0.25) is 4.90 Å². The lowest BCUT2D eigenvalue weighted by atomic mass is 9.57. The van der Waals surface area contributed by atoms with Crippen molar-refractivity contribution in [1.82, 2.24) is 9.88 Å². The molecule has 2 aliphatic heterocycles. The lowest BCUT2D eigenvalue weighted by Crippen LogP contribution is -2.64. The van der Waals surface area contributed by atoms with Crippen molar-refractivity contribution in [3.63, 3.8) is 0 Å². The van der Waals surface area contributed by atoms with Gasteiger partial charge < -0.3 is 9.80 Å². The molecule has 1 aromatic carbocycles. The molecule has 6 rings (SSSR count). The number of hydrogen-bond acceptors (Lipinski definition) is 6. The molecule has 0 N–H and O–H groups in total. The molecule has 198 valence electrons. The third-order valence-electron chi connectivity index (χ3n) is 8.44. The molecule has 1 saturated heterocycles. The van der Waals surface area contributed by atoms with Crippen molar-refractivity contribution < 1.29 is 13.2 Å². The summed E-state index contributed by atoms with van der Waals surface area (Å²) >= 11 is 6.36. The van der Waals surface area contributed by atoms with Gasteiger partial charge in [0.2, 0.25) is 0 Å².